The van der Waals surface area contributed by atoms with Crippen molar-refractivity contribution in [3.05, 3.63) is 64.9 Å². The lowest BCUT2D eigenvalue weighted by molar-refractivity contribution is 0.0733. The van der Waals surface area contributed by atoms with Crippen molar-refractivity contribution in [1.82, 2.24) is 24.2 Å². The van der Waals surface area contributed by atoms with E-state index in [9.17, 15) is 4.79 Å². The van der Waals surface area contributed by atoms with Crippen LogP contribution in [0.15, 0.2) is 53.7 Å². The molecule has 0 bridgehead atoms. The van der Waals surface area contributed by atoms with Gasteiger partial charge >= 0.3 is 0 Å². The highest BCUT2D eigenvalue weighted by Gasteiger charge is 2.21. The highest BCUT2D eigenvalue weighted by Crippen LogP contribution is 2.23. The Balaban J connectivity index is 1.79. The highest BCUT2D eigenvalue weighted by atomic mass is 79.9. The second kappa shape index (κ2) is 6.60. The van der Waals surface area contributed by atoms with Gasteiger partial charge in [-0.25, -0.2) is 9.67 Å². The SMILES string of the molecule is CC(c1ccc(-n2cncn2)cc1)N(C)C(=O)c1cc(Br)cn1C. The first kappa shape index (κ1) is 16.4. The molecule has 1 unspecified atom stereocenters. The van der Waals surface area contributed by atoms with Gasteiger partial charge in [-0.3, -0.25) is 4.79 Å². The van der Waals surface area contributed by atoms with E-state index in [2.05, 4.69) is 26.0 Å². The van der Waals surface area contributed by atoms with Crippen LogP contribution in [-0.4, -0.2) is 37.2 Å². The molecular weight excluding hydrogens is 370 g/mol. The van der Waals surface area contributed by atoms with Crippen LogP contribution in [0.4, 0.5) is 0 Å². The van der Waals surface area contributed by atoms with Crippen LogP contribution in [-0.2, 0) is 7.05 Å². The van der Waals surface area contributed by atoms with E-state index in [1.165, 1.54) is 6.33 Å². The van der Waals surface area contributed by atoms with Crippen LogP contribution < -0.4 is 0 Å². The van der Waals surface area contributed by atoms with Crippen molar-refractivity contribution in [2.24, 2.45) is 7.05 Å². The molecule has 1 atom stereocenters. The minimum atomic E-state index is -0.0454. The summed E-state index contributed by atoms with van der Waals surface area (Å²) < 4.78 is 4.42. The number of halogens is 1. The van der Waals surface area contributed by atoms with Gasteiger partial charge in [0.05, 0.1) is 11.7 Å². The van der Waals surface area contributed by atoms with Crippen LogP contribution >= 0.6 is 15.9 Å². The Hall–Kier alpha value is -2.41. The lowest BCUT2D eigenvalue weighted by atomic mass is 10.1. The van der Waals surface area contributed by atoms with E-state index in [1.807, 2.05) is 62.1 Å². The fraction of sp³-hybridized carbons (Fsp3) is 0.235. The first-order valence-corrected chi connectivity index (χ1v) is 8.30. The zero-order valence-electron chi connectivity index (χ0n) is 13.7. The van der Waals surface area contributed by atoms with E-state index in [0.717, 1.165) is 15.7 Å². The van der Waals surface area contributed by atoms with Gasteiger partial charge in [-0.2, -0.15) is 5.10 Å². The maximum atomic E-state index is 12.7. The number of carbonyl (C=O) groups excluding carboxylic acids is 1. The summed E-state index contributed by atoms with van der Waals surface area (Å²) in [6.45, 7) is 2.01. The van der Waals surface area contributed by atoms with Crippen LogP contribution in [0.2, 0.25) is 0 Å². The van der Waals surface area contributed by atoms with E-state index in [-0.39, 0.29) is 11.9 Å². The number of hydrogen-bond acceptors (Lipinski definition) is 3. The zero-order valence-corrected chi connectivity index (χ0v) is 15.3. The van der Waals surface area contributed by atoms with Gasteiger partial charge in [0.15, 0.2) is 0 Å². The number of benzene rings is 1. The molecule has 0 aliphatic rings. The van der Waals surface area contributed by atoms with E-state index in [4.69, 9.17) is 0 Å². The van der Waals surface area contributed by atoms with Crippen molar-refractivity contribution in [2.45, 2.75) is 13.0 Å². The average Bonchev–Trinajstić information content (AvgIpc) is 3.22. The van der Waals surface area contributed by atoms with Gasteiger partial charge in [-0.1, -0.05) is 12.1 Å². The molecule has 0 fully saturated rings. The molecule has 124 valence electrons. The van der Waals surface area contributed by atoms with E-state index >= 15 is 0 Å². The molecule has 0 saturated carbocycles. The third kappa shape index (κ3) is 3.12. The second-order valence-electron chi connectivity index (χ2n) is 5.68. The molecule has 7 heteroatoms. The third-order valence-electron chi connectivity index (χ3n) is 4.15. The Morgan fingerprint density at radius 1 is 1.29 bits per heavy atom. The quantitative estimate of drug-likeness (QED) is 0.690. The Morgan fingerprint density at radius 2 is 2.00 bits per heavy atom. The fourth-order valence-corrected chi connectivity index (χ4v) is 3.09. The Morgan fingerprint density at radius 3 is 2.54 bits per heavy atom. The fourth-order valence-electron chi connectivity index (χ4n) is 2.56. The normalized spacial score (nSPS) is 12.2. The summed E-state index contributed by atoms with van der Waals surface area (Å²) >= 11 is 3.40. The average molecular weight is 388 g/mol. The van der Waals surface area contributed by atoms with Crippen LogP contribution in [0.5, 0.6) is 0 Å². The van der Waals surface area contributed by atoms with Crippen molar-refractivity contribution in [2.75, 3.05) is 7.05 Å². The van der Waals surface area contributed by atoms with Gasteiger partial charge in [0, 0.05) is 24.8 Å². The van der Waals surface area contributed by atoms with Crippen molar-refractivity contribution in [1.29, 1.82) is 0 Å². The van der Waals surface area contributed by atoms with Gasteiger partial charge in [0.25, 0.3) is 5.91 Å². The Bertz CT molecular complexity index is 839. The zero-order chi connectivity index (χ0) is 17.3. The minimum Gasteiger partial charge on any atom is -0.345 e. The summed E-state index contributed by atoms with van der Waals surface area (Å²) in [5, 5.41) is 4.11. The van der Waals surface area contributed by atoms with Crippen LogP contribution in [0, 0.1) is 0 Å². The van der Waals surface area contributed by atoms with Crippen LogP contribution in [0.25, 0.3) is 5.69 Å². The molecule has 0 aliphatic heterocycles. The predicted octanol–water partition coefficient (Wildman–Crippen LogP) is 3.20. The Labute approximate surface area is 148 Å². The van der Waals surface area contributed by atoms with Gasteiger partial charge < -0.3 is 9.47 Å². The maximum absolute atomic E-state index is 12.7. The summed E-state index contributed by atoms with van der Waals surface area (Å²) in [5.74, 6) is -0.0175. The molecule has 0 radical (unpaired) electrons. The maximum Gasteiger partial charge on any atom is 0.270 e. The van der Waals surface area contributed by atoms with E-state index in [1.54, 1.807) is 15.9 Å². The molecule has 3 aromatic rings. The smallest absolute Gasteiger partial charge is 0.270 e. The van der Waals surface area contributed by atoms with E-state index < -0.39 is 0 Å². The summed E-state index contributed by atoms with van der Waals surface area (Å²) in [6, 6.07) is 9.74. The molecule has 2 heterocycles. The molecule has 24 heavy (non-hydrogen) atoms. The van der Waals surface area contributed by atoms with Crippen molar-refractivity contribution in [3.8, 4) is 5.69 Å². The molecule has 3 rings (SSSR count). The summed E-state index contributed by atoms with van der Waals surface area (Å²) in [5.41, 5.74) is 2.64. The Kier molecular flexibility index (Phi) is 4.53. The summed E-state index contributed by atoms with van der Waals surface area (Å²) in [7, 11) is 3.68. The van der Waals surface area contributed by atoms with Gasteiger partial charge in [0.1, 0.15) is 18.3 Å². The van der Waals surface area contributed by atoms with E-state index in [0.29, 0.717) is 5.69 Å². The number of amides is 1. The van der Waals surface area contributed by atoms with Crippen molar-refractivity contribution < 1.29 is 4.79 Å². The first-order valence-electron chi connectivity index (χ1n) is 7.51. The lowest BCUT2D eigenvalue weighted by Gasteiger charge is -2.25. The minimum absolute atomic E-state index is 0.0175. The molecule has 0 aliphatic carbocycles. The number of aryl methyl sites for hydroxylation is 1. The highest BCUT2D eigenvalue weighted by molar-refractivity contribution is 9.10. The molecule has 2 aromatic heterocycles. The van der Waals surface area contributed by atoms with Crippen LogP contribution in [0.1, 0.15) is 29.0 Å². The van der Waals surface area contributed by atoms with Gasteiger partial charge in [-0.15, -0.1) is 0 Å². The van der Waals surface area contributed by atoms with Gasteiger partial charge in [-0.05, 0) is 46.6 Å². The summed E-state index contributed by atoms with van der Waals surface area (Å²) in [6.07, 6.45) is 5.03. The summed E-state index contributed by atoms with van der Waals surface area (Å²) in [4.78, 5) is 18.4. The molecule has 0 N–H and O–H groups in total. The van der Waals surface area contributed by atoms with Crippen molar-refractivity contribution >= 4 is 21.8 Å². The molecule has 0 saturated heterocycles. The van der Waals surface area contributed by atoms with Gasteiger partial charge in [0.2, 0.25) is 0 Å². The number of nitrogens with zero attached hydrogens (tertiary/aromatic N) is 5. The molecule has 1 amide bonds. The largest absolute Gasteiger partial charge is 0.345 e. The monoisotopic (exact) mass is 387 g/mol. The van der Waals surface area contributed by atoms with Crippen molar-refractivity contribution in [3.63, 3.8) is 0 Å². The number of hydrogen-bond donors (Lipinski definition) is 0. The molecule has 1 aromatic carbocycles. The molecule has 6 nitrogen and oxygen atoms in total. The number of carbonyl (C=O) groups is 1. The standard InChI is InChI=1S/C17H18BrN5O/c1-12(22(3)17(24)16-8-14(18)9-21(16)2)13-4-6-15(7-5-13)23-11-19-10-20-23/h4-12H,1-3H3. The van der Waals surface area contributed by atoms with Crippen LogP contribution in [0.3, 0.4) is 0 Å². The number of rotatable bonds is 4. The molecule has 0 spiro atoms. The third-order valence-corrected chi connectivity index (χ3v) is 4.58. The number of aromatic nitrogens is 4. The predicted molar refractivity (Wildman–Crippen MR) is 95.0 cm³/mol. The second-order valence-corrected chi connectivity index (χ2v) is 6.59. The first-order chi connectivity index (χ1) is 11.5. The molecular formula is C17H18BrN5O. The topological polar surface area (TPSA) is 56.0 Å². The lowest BCUT2D eigenvalue weighted by Crippen LogP contribution is -2.30.